The van der Waals surface area contributed by atoms with Gasteiger partial charge in [-0.2, -0.15) is 0 Å². The van der Waals surface area contributed by atoms with Gasteiger partial charge in [0.15, 0.2) is 10.6 Å². The van der Waals surface area contributed by atoms with E-state index in [0.717, 1.165) is 0 Å². The summed E-state index contributed by atoms with van der Waals surface area (Å²) in [5, 5.41) is 10.9. The van der Waals surface area contributed by atoms with Crippen LogP contribution in [0.3, 0.4) is 0 Å². The van der Waals surface area contributed by atoms with Gasteiger partial charge in [0.2, 0.25) is 5.91 Å². The predicted molar refractivity (Wildman–Crippen MR) is 54.2 cm³/mol. The lowest BCUT2D eigenvalue weighted by Gasteiger charge is -2.28. The summed E-state index contributed by atoms with van der Waals surface area (Å²) in [7, 11) is 0. The van der Waals surface area contributed by atoms with Crippen LogP contribution in [0.1, 0.15) is 20.3 Å². The van der Waals surface area contributed by atoms with Crippen molar-refractivity contribution < 1.29 is 9.90 Å². The van der Waals surface area contributed by atoms with E-state index in [4.69, 9.17) is 34.8 Å². The molecule has 0 aliphatic heterocycles. The number of halogens is 3. The monoisotopic (exact) mass is 247 g/mol. The van der Waals surface area contributed by atoms with Crippen LogP contribution in [0.5, 0.6) is 0 Å². The number of carbonyl (C=O) groups is 1. The van der Waals surface area contributed by atoms with E-state index in [2.05, 4.69) is 5.32 Å². The third-order valence-corrected chi connectivity index (χ3v) is 3.15. The second-order valence-electron chi connectivity index (χ2n) is 2.61. The molecule has 3 nitrogen and oxygen atoms in total. The fraction of sp³-hybridized carbons (Fsp3) is 0.857. The molecule has 0 saturated carbocycles. The standard InChI is InChI=1S/C7H12Cl3NO2/c1-3-5(12)11-6(13)7(9,10)4(2)8/h4,6,13H,3H2,1-2H3,(H,11,12)/t4-,6+/m0/s1. The van der Waals surface area contributed by atoms with E-state index < -0.39 is 15.9 Å². The van der Waals surface area contributed by atoms with Crippen LogP contribution in [0.2, 0.25) is 0 Å². The zero-order valence-electron chi connectivity index (χ0n) is 7.35. The van der Waals surface area contributed by atoms with Gasteiger partial charge in [0.25, 0.3) is 0 Å². The molecule has 6 heteroatoms. The summed E-state index contributed by atoms with van der Waals surface area (Å²) >= 11 is 17.0. The summed E-state index contributed by atoms with van der Waals surface area (Å²) in [6.07, 6.45) is -1.12. The first-order valence-corrected chi connectivity index (χ1v) is 5.00. The Balaban J connectivity index is 4.24. The molecule has 2 atom stereocenters. The Bertz CT molecular complexity index is 185. The van der Waals surface area contributed by atoms with Gasteiger partial charge in [0, 0.05) is 6.42 Å². The van der Waals surface area contributed by atoms with E-state index >= 15 is 0 Å². The van der Waals surface area contributed by atoms with Gasteiger partial charge in [-0.25, -0.2) is 0 Å². The van der Waals surface area contributed by atoms with Crippen molar-refractivity contribution in [2.75, 3.05) is 0 Å². The van der Waals surface area contributed by atoms with Gasteiger partial charge in [0.05, 0.1) is 5.38 Å². The average Bonchev–Trinajstić information content (AvgIpc) is 2.03. The van der Waals surface area contributed by atoms with E-state index in [-0.39, 0.29) is 12.3 Å². The molecule has 0 rings (SSSR count). The van der Waals surface area contributed by atoms with E-state index in [1.54, 1.807) is 6.92 Å². The number of alkyl halides is 3. The third-order valence-electron chi connectivity index (χ3n) is 1.51. The molecule has 0 aliphatic rings. The van der Waals surface area contributed by atoms with Gasteiger partial charge in [-0.05, 0) is 6.92 Å². The number of carbonyl (C=O) groups excluding carboxylic acids is 1. The first-order chi connectivity index (χ1) is 5.82. The number of hydrogen-bond acceptors (Lipinski definition) is 2. The number of nitrogens with one attached hydrogen (secondary N) is 1. The molecular formula is C7H12Cl3NO2. The van der Waals surface area contributed by atoms with E-state index in [9.17, 15) is 9.90 Å². The summed E-state index contributed by atoms with van der Waals surface area (Å²) in [4.78, 5) is 10.9. The van der Waals surface area contributed by atoms with Crippen LogP contribution in [0.15, 0.2) is 0 Å². The number of aliphatic hydroxyl groups excluding tert-OH is 1. The van der Waals surface area contributed by atoms with E-state index in [0.29, 0.717) is 0 Å². The highest BCUT2D eigenvalue weighted by Crippen LogP contribution is 2.31. The predicted octanol–water partition coefficient (Wildman–Crippen LogP) is 1.63. The minimum Gasteiger partial charge on any atom is -0.370 e. The third kappa shape index (κ3) is 3.90. The Kier molecular flexibility index (Phi) is 5.37. The lowest BCUT2D eigenvalue weighted by atomic mass is 10.2. The number of amides is 1. The SMILES string of the molecule is CCC(=O)N[C@H](O)C(Cl)(Cl)[C@H](C)Cl. The quantitative estimate of drug-likeness (QED) is 0.587. The molecule has 78 valence electrons. The molecule has 0 heterocycles. The van der Waals surface area contributed by atoms with Crippen molar-refractivity contribution >= 4 is 40.7 Å². The lowest BCUT2D eigenvalue weighted by molar-refractivity contribution is -0.123. The molecule has 0 spiro atoms. The van der Waals surface area contributed by atoms with Crippen molar-refractivity contribution in [2.24, 2.45) is 0 Å². The zero-order chi connectivity index (χ0) is 10.6. The molecule has 0 aliphatic carbocycles. The molecule has 0 aromatic carbocycles. The molecule has 0 bridgehead atoms. The van der Waals surface area contributed by atoms with Crippen LogP contribution < -0.4 is 5.32 Å². The summed E-state index contributed by atoms with van der Waals surface area (Å²) in [5.41, 5.74) is 0. The summed E-state index contributed by atoms with van der Waals surface area (Å²) in [5.74, 6) is -0.338. The van der Waals surface area contributed by atoms with Gasteiger partial charge >= 0.3 is 0 Å². The maximum absolute atomic E-state index is 10.9. The summed E-state index contributed by atoms with van der Waals surface area (Å²) < 4.78 is -1.58. The highest BCUT2D eigenvalue weighted by atomic mass is 35.5. The minimum absolute atomic E-state index is 0.248. The van der Waals surface area contributed by atoms with Crippen molar-refractivity contribution in [2.45, 2.75) is 36.2 Å². The molecule has 0 unspecified atom stereocenters. The summed E-state index contributed by atoms with van der Waals surface area (Å²) in [6, 6.07) is 0. The van der Waals surface area contributed by atoms with Crippen LogP contribution >= 0.6 is 34.8 Å². The molecule has 2 N–H and O–H groups in total. The number of aliphatic hydroxyl groups is 1. The zero-order valence-corrected chi connectivity index (χ0v) is 9.62. The van der Waals surface area contributed by atoms with E-state index in [1.165, 1.54) is 6.92 Å². The Morgan fingerprint density at radius 2 is 2.08 bits per heavy atom. The Hall–Kier alpha value is 0.300. The largest absolute Gasteiger partial charge is 0.370 e. The fourth-order valence-corrected chi connectivity index (χ4v) is 0.797. The molecule has 13 heavy (non-hydrogen) atoms. The molecule has 0 aromatic heterocycles. The van der Waals surface area contributed by atoms with Gasteiger partial charge in [-0.1, -0.05) is 30.1 Å². The van der Waals surface area contributed by atoms with Crippen molar-refractivity contribution in [1.82, 2.24) is 5.32 Å². The Labute approximate surface area is 92.3 Å². The smallest absolute Gasteiger partial charge is 0.221 e. The number of hydrogen-bond donors (Lipinski definition) is 2. The summed E-state index contributed by atoms with van der Waals surface area (Å²) in [6.45, 7) is 3.18. The number of rotatable bonds is 4. The molecule has 0 fully saturated rings. The first-order valence-electron chi connectivity index (χ1n) is 3.81. The molecule has 0 saturated heterocycles. The van der Waals surface area contributed by atoms with Crippen LogP contribution in [-0.2, 0) is 4.79 Å². The molecule has 0 radical (unpaired) electrons. The Morgan fingerprint density at radius 3 is 2.38 bits per heavy atom. The lowest BCUT2D eigenvalue weighted by Crippen LogP contribution is -2.49. The van der Waals surface area contributed by atoms with Gasteiger partial charge in [0.1, 0.15) is 0 Å². The highest BCUT2D eigenvalue weighted by molar-refractivity contribution is 6.52. The van der Waals surface area contributed by atoms with Crippen LogP contribution in [0.25, 0.3) is 0 Å². The van der Waals surface area contributed by atoms with Crippen molar-refractivity contribution in [3.05, 3.63) is 0 Å². The molecule has 0 aromatic rings. The maximum Gasteiger partial charge on any atom is 0.221 e. The average molecular weight is 249 g/mol. The normalized spacial score (nSPS) is 16.5. The van der Waals surface area contributed by atoms with Crippen molar-refractivity contribution in [3.8, 4) is 0 Å². The highest BCUT2D eigenvalue weighted by Gasteiger charge is 2.39. The topological polar surface area (TPSA) is 49.3 Å². The van der Waals surface area contributed by atoms with Crippen LogP contribution in [0, 0.1) is 0 Å². The van der Waals surface area contributed by atoms with Crippen LogP contribution in [-0.4, -0.2) is 27.0 Å². The van der Waals surface area contributed by atoms with Crippen molar-refractivity contribution in [3.63, 3.8) is 0 Å². The van der Waals surface area contributed by atoms with Crippen molar-refractivity contribution in [1.29, 1.82) is 0 Å². The van der Waals surface area contributed by atoms with Gasteiger partial charge in [-0.3, -0.25) is 4.79 Å². The fourth-order valence-electron chi connectivity index (χ4n) is 0.568. The van der Waals surface area contributed by atoms with E-state index in [1.807, 2.05) is 0 Å². The van der Waals surface area contributed by atoms with Gasteiger partial charge in [-0.15, -0.1) is 11.6 Å². The molecule has 1 amide bonds. The van der Waals surface area contributed by atoms with Crippen LogP contribution in [0.4, 0.5) is 0 Å². The second-order valence-corrected chi connectivity index (χ2v) is 4.71. The van der Waals surface area contributed by atoms with Gasteiger partial charge < -0.3 is 10.4 Å². The Morgan fingerprint density at radius 1 is 1.62 bits per heavy atom. The maximum atomic E-state index is 10.9. The molecular weight excluding hydrogens is 236 g/mol. The second kappa shape index (κ2) is 5.25. The first kappa shape index (κ1) is 13.3. The minimum atomic E-state index is -1.58.